The molecule has 1 rings (SSSR count). The van der Waals surface area contributed by atoms with Gasteiger partial charge in [0.1, 0.15) is 11.9 Å². The highest BCUT2D eigenvalue weighted by Crippen LogP contribution is 2.30. The van der Waals surface area contributed by atoms with Crippen molar-refractivity contribution in [2.75, 3.05) is 5.73 Å². The topological polar surface area (TPSA) is 64.9 Å². The number of pyridine rings is 1. The second-order valence-electron chi connectivity index (χ2n) is 2.99. The Hall–Kier alpha value is -1.30. The van der Waals surface area contributed by atoms with E-state index in [1.54, 1.807) is 6.92 Å². The van der Waals surface area contributed by atoms with Crippen molar-refractivity contribution in [2.45, 2.75) is 19.1 Å². The van der Waals surface area contributed by atoms with Crippen molar-refractivity contribution in [3.8, 4) is 0 Å². The van der Waals surface area contributed by atoms with E-state index in [-0.39, 0.29) is 11.4 Å². The molecule has 3 nitrogen and oxygen atoms in total. The molecule has 0 spiro atoms. The maximum Gasteiger partial charge on any atom is 0.407 e. The van der Waals surface area contributed by atoms with E-state index in [0.717, 1.165) is 6.20 Å². The predicted molar refractivity (Wildman–Crippen MR) is 46.4 cm³/mol. The highest BCUT2D eigenvalue weighted by Gasteiger charge is 2.38. The Labute approximate surface area is 78.9 Å². The van der Waals surface area contributed by atoms with Gasteiger partial charge in [-0.1, -0.05) is 0 Å². The van der Waals surface area contributed by atoms with Gasteiger partial charge in [-0.05, 0) is 24.1 Å². The SMILES string of the molecule is Cc1cc([C@@H](N)C(F)(F)F)cnc1N. The van der Waals surface area contributed by atoms with Crippen molar-refractivity contribution in [3.63, 3.8) is 0 Å². The second kappa shape index (κ2) is 3.45. The number of hydrogen-bond donors (Lipinski definition) is 2. The first-order chi connectivity index (χ1) is 6.32. The van der Waals surface area contributed by atoms with Gasteiger partial charge >= 0.3 is 6.18 Å². The normalized spacial score (nSPS) is 14.1. The van der Waals surface area contributed by atoms with Gasteiger partial charge in [0, 0.05) is 6.20 Å². The van der Waals surface area contributed by atoms with Crippen LogP contribution in [0.4, 0.5) is 19.0 Å². The average Bonchev–Trinajstić information content (AvgIpc) is 2.07. The Morgan fingerprint density at radius 1 is 1.43 bits per heavy atom. The van der Waals surface area contributed by atoms with E-state index in [2.05, 4.69) is 4.98 Å². The molecule has 1 atom stereocenters. The zero-order valence-electron chi connectivity index (χ0n) is 7.47. The van der Waals surface area contributed by atoms with Crippen LogP contribution in [0.25, 0.3) is 0 Å². The van der Waals surface area contributed by atoms with Gasteiger partial charge in [0.05, 0.1) is 0 Å². The number of aryl methyl sites for hydroxylation is 1. The number of rotatable bonds is 1. The minimum Gasteiger partial charge on any atom is -0.383 e. The van der Waals surface area contributed by atoms with Crippen LogP contribution in [-0.2, 0) is 0 Å². The molecule has 0 bridgehead atoms. The third-order valence-electron chi connectivity index (χ3n) is 1.85. The van der Waals surface area contributed by atoms with E-state index in [0.29, 0.717) is 5.56 Å². The van der Waals surface area contributed by atoms with Gasteiger partial charge in [-0.2, -0.15) is 13.2 Å². The maximum absolute atomic E-state index is 12.2. The molecule has 0 aliphatic rings. The fourth-order valence-electron chi connectivity index (χ4n) is 0.966. The van der Waals surface area contributed by atoms with E-state index < -0.39 is 12.2 Å². The van der Waals surface area contributed by atoms with Crippen molar-refractivity contribution >= 4 is 5.82 Å². The van der Waals surface area contributed by atoms with E-state index >= 15 is 0 Å². The van der Waals surface area contributed by atoms with Gasteiger partial charge in [-0.15, -0.1) is 0 Å². The molecule has 1 aromatic heterocycles. The Kier molecular flexibility index (Phi) is 2.66. The van der Waals surface area contributed by atoms with Gasteiger partial charge in [0.2, 0.25) is 0 Å². The molecule has 1 heterocycles. The molecular formula is C8H10F3N3. The van der Waals surface area contributed by atoms with E-state index in [1.807, 2.05) is 0 Å². The lowest BCUT2D eigenvalue weighted by molar-refractivity contribution is -0.149. The van der Waals surface area contributed by atoms with Crippen LogP contribution in [0.2, 0.25) is 0 Å². The molecule has 0 saturated heterocycles. The summed E-state index contributed by atoms with van der Waals surface area (Å²) in [5, 5.41) is 0. The summed E-state index contributed by atoms with van der Waals surface area (Å²) in [6.45, 7) is 1.58. The fourth-order valence-corrected chi connectivity index (χ4v) is 0.966. The van der Waals surface area contributed by atoms with Crippen molar-refractivity contribution in [1.82, 2.24) is 4.98 Å². The summed E-state index contributed by atoms with van der Waals surface area (Å²) in [5.74, 6) is 0.211. The molecular weight excluding hydrogens is 195 g/mol. The van der Waals surface area contributed by atoms with Crippen molar-refractivity contribution in [2.24, 2.45) is 5.73 Å². The van der Waals surface area contributed by atoms with Gasteiger partial charge in [0.15, 0.2) is 0 Å². The first-order valence-corrected chi connectivity index (χ1v) is 3.86. The highest BCUT2D eigenvalue weighted by molar-refractivity contribution is 5.40. The third-order valence-corrected chi connectivity index (χ3v) is 1.85. The molecule has 1 aromatic rings. The molecule has 14 heavy (non-hydrogen) atoms. The molecule has 0 amide bonds. The third kappa shape index (κ3) is 2.14. The molecule has 0 fully saturated rings. The summed E-state index contributed by atoms with van der Waals surface area (Å²) >= 11 is 0. The molecule has 0 saturated carbocycles. The number of halogens is 3. The van der Waals surface area contributed by atoms with Crippen LogP contribution in [0.15, 0.2) is 12.3 Å². The minimum atomic E-state index is -4.45. The van der Waals surface area contributed by atoms with Crippen molar-refractivity contribution < 1.29 is 13.2 Å². The van der Waals surface area contributed by atoms with Gasteiger partial charge in [-0.3, -0.25) is 0 Å². The number of aromatic nitrogens is 1. The van der Waals surface area contributed by atoms with Crippen molar-refractivity contribution in [1.29, 1.82) is 0 Å². The number of nitrogen functional groups attached to an aromatic ring is 1. The first-order valence-electron chi connectivity index (χ1n) is 3.86. The van der Waals surface area contributed by atoms with Crippen LogP contribution in [0.1, 0.15) is 17.2 Å². The molecule has 0 radical (unpaired) electrons. The summed E-state index contributed by atoms with van der Waals surface area (Å²) in [4.78, 5) is 3.61. The van der Waals surface area contributed by atoms with Gasteiger partial charge in [-0.25, -0.2) is 4.98 Å². The number of anilines is 1. The van der Waals surface area contributed by atoms with E-state index in [4.69, 9.17) is 11.5 Å². The van der Waals surface area contributed by atoms with Crippen LogP contribution in [0.3, 0.4) is 0 Å². The van der Waals surface area contributed by atoms with E-state index in [1.165, 1.54) is 6.07 Å². The molecule has 78 valence electrons. The van der Waals surface area contributed by atoms with Gasteiger partial charge < -0.3 is 11.5 Å². The molecule has 6 heteroatoms. The largest absolute Gasteiger partial charge is 0.407 e. The Morgan fingerprint density at radius 2 is 2.00 bits per heavy atom. The molecule has 4 N–H and O–H groups in total. The molecule has 0 unspecified atom stereocenters. The highest BCUT2D eigenvalue weighted by atomic mass is 19.4. The summed E-state index contributed by atoms with van der Waals surface area (Å²) in [7, 11) is 0. The van der Waals surface area contributed by atoms with Crippen LogP contribution in [0.5, 0.6) is 0 Å². The fraction of sp³-hybridized carbons (Fsp3) is 0.375. The summed E-state index contributed by atoms with van der Waals surface area (Å²) in [6, 6.07) is -0.713. The monoisotopic (exact) mass is 205 g/mol. The summed E-state index contributed by atoms with van der Waals surface area (Å²) in [6.07, 6.45) is -3.41. The number of hydrogen-bond acceptors (Lipinski definition) is 3. The number of nitrogens with zero attached hydrogens (tertiary/aromatic N) is 1. The molecule has 0 aliphatic carbocycles. The smallest absolute Gasteiger partial charge is 0.383 e. The Morgan fingerprint density at radius 3 is 2.43 bits per heavy atom. The van der Waals surface area contributed by atoms with Crippen LogP contribution >= 0.6 is 0 Å². The predicted octanol–water partition coefficient (Wildman–Crippen LogP) is 1.53. The lowest BCUT2D eigenvalue weighted by Gasteiger charge is -2.16. The number of alkyl halides is 3. The lowest BCUT2D eigenvalue weighted by Crippen LogP contribution is -2.28. The molecule has 0 aliphatic heterocycles. The molecule has 0 aromatic carbocycles. The van der Waals surface area contributed by atoms with Crippen molar-refractivity contribution in [3.05, 3.63) is 23.4 Å². The van der Waals surface area contributed by atoms with E-state index in [9.17, 15) is 13.2 Å². The van der Waals surface area contributed by atoms with Crippen LogP contribution in [-0.4, -0.2) is 11.2 Å². The zero-order valence-corrected chi connectivity index (χ0v) is 7.47. The Balaban J connectivity index is 3.03. The Bertz CT molecular complexity index is 335. The zero-order chi connectivity index (χ0) is 10.9. The minimum absolute atomic E-state index is 0.0794. The van der Waals surface area contributed by atoms with Crippen LogP contribution in [0, 0.1) is 6.92 Å². The standard InChI is InChI=1S/C8H10F3N3/c1-4-2-5(3-14-7(4)13)6(12)8(9,10)11/h2-3,6H,12H2,1H3,(H2,13,14)/t6-/m1/s1. The summed E-state index contributed by atoms with van der Waals surface area (Å²) < 4.78 is 36.5. The first kappa shape index (κ1) is 10.8. The number of nitrogens with two attached hydrogens (primary N) is 2. The quantitative estimate of drug-likeness (QED) is 0.730. The lowest BCUT2D eigenvalue weighted by atomic mass is 10.1. The van der Waals surface area contributed by atoms with Gasteiger partial charge in [0.25, 0.3) is 0 Å². The van der Waals surface area contributed by atoms with Crippen LogP contribution < -0.4 is 11.5 Å². The second-order valence-corrected chi connectivity index (χ2v) is 2.99. The average molecular weight is 205 g/mol. The maximum atomic E-state index is 12.2. The summed E-state index contributed by atoms with van der Waals surface area (Å²) in [5.41, 5.74) is 10.8.